The Morgan fingerprint density at radius 3 is 2.67 bits per heavy atom. The van der Waals surface area contributed by atoms with Crippen molar-refractivity contribution in [2.75, 3.05) is 18.6 Å². The predicted octanol–water partition coefficient (Wildman–Crippen LogP) is 4.50. The highest BCUT2D eigenvalue weighted by molar-refractivity contribution is 6.34. The molecular formula is C23H27ClN2O4. The van der Waals surface area contributed by atoms with Gasteiger partial charge in [-0.3, -0.25) is 9.59 Å². The number of rotatable bonds is 8. The van der Waals surface area contributed by atoms with Crippen molar-refractivity contribution in [1.82, 2.24) is 5.32 Å². The van der Waals surface area contributed by atoms with Gasteiger partial charge in [-0.15, -0.1) is 0 Å². The van der Waals surface area contributed by atoms with E-state index in [1.165, 1.54) is 6.92 Å². The number of halogens is 1. The van der Waals surface area contributed by atoms with Gasteiger partial charge >= 0.3 is 0 Å². The van der Waals surface area contributed by atoms with Crippen LogP contribution in [0.2, 0.25) is 5.02 Å². The van der Waals surface area contributed by atoms with E-state index < -0.39 is 6.04 Å². The van der Waals surface area contributed by atoms with Crippen molar-refractivity contribution >= 4 is 29.1 Å². The minimum absolute atomic E-state index is 0.218. The number of nitrogens with one attached hydrogen (secondary N) is 1. The molecule has 0 aromatic heterocycles. The molecule has 7 heteroatoms. The highest BCUT2D eigenvalue weighted by Gasteiger charge is 2.39. The summed E-state index contributed by atoms with van der Waals surface area (Å²) in [6.45, 7) is 6.60. The van der Waals surface area contributed by atoms with Gasteiger partial charge < -0.3 is 19.7 Å². The molecular weight excluding hydrogens is 404 g/mol. The van der Waals surface area contributed by atoms with Gasteiger partial charge in [0.25, 0.3) is 5.91 Å². The molecule has 160 valence electrons. The fraction of sp³-hybridized carbons (Fsp3) is 0.391. The smallest absolute Gasteiger partial charge is 0.254 e. The van der Waals surface area contributed by atoms with Crippen LogP contribution < -0.4 is 19.7 Å². The largest absolute Gasteiger partial charge is 0.493 e. The van der Waals surface area contributed by atoms with Gasteiger partial charge in [0.05, 0.1) is 31.0 Å². The zero-order chi connectivity index (χ0) is 21.8. The number of carbonyl (C=O) groups excluding carboxylic acids is 2. The van der Waals surface area contributed by atoms with Crippen LogP contribution in [-0.2, 0) is 16.1 Å². The highest BCUT2D eigenvalue weighted by Crippen LogP contribution is 2.42. The normalized spacial score (nSPS) is 15.3. The van der Waals surface area contributed by atoms with Crippen molar-refractivity contribution in [2.45, 2.75) is 39.8 Å². The summed E-state index contributed by atoms with van der Waals surface area (Å²) in [4.78, 5) is 26.3. The monoisotopic (exact) mass is 430 g/mol. The molecule has 1 N–H and O–H groups in total. The first-order valence-electron chi connectivity index (χ1n) is 9.98. The summed E-state index contributed by atoms with van der Waals surface area (Å²) in [6, 6.07) is 10.2. The number of amides is 2. The van der Waals surface area contributed by atoms with Gasteiger partial charge in [-0.25, -0.2) is 0 Å². The summed E-state index contributed by atoms with van der Waals surface area (Å²) < 4.78 is 11.3. The quantitative estimate of drug-likeness (QED) is 0.669. The first kappa shape index (κ1) is 22.0. The van der Waals surface area contributed by atoms with Crippen LogP contribution in [0.1, 0.15) is 44.4 Å². The van der Waals surface area contributed by atoms with Crippen LogP contribution in [0.25, 0.3) is 0 Å². The molecule has 1 unspecified atom stereocenters. The maximum Gasteiger partial charge on any atom is 0.254 e. The van der Waals surface area contributed by atoms with Gasteiger partial charge in [0.2, 0.25) is 5.91 Å². The van der Waals surface area contributed by atoms with Crippen LogP contribution in [0.4, 0.5) is 5.69 Å². The molecule has 0 spiro atoms. The van der Waals surface area contributed by atoms with Gasteiger partial charge in [0.15, 0.2) is 11.5 Å². The summed E-state index contributed by atoms with van der Waals surface area (Å²) >= 11 is 6.41. The van der Waals surface area contributed by atoms with Crippen LogP contribution in [0.3, 0.4) is 0 Å². The van der Waals surface area contributed by atoms with E-state index in [0.29, 0.717) is 46.8 Å². The number of para-hydroxylation sites is 1. The SMILES string of the molecule is COc1cc(CN2C(=O)C(NC(C)=O)c3cccc(Cl)c32)ccc1OCCC(C)C. The number of hydrogen-bond donors (Lipinski definition) is 1. The summed E-state index contributed by atoms with van der Waals surface area (Å²) in [5, 5.41) is 3.19. The minimum atomic E-state index is -0.739. The Morgan fingerprint density at radius 2 is 2.00 bits per heavy atom. The average molecular weight is 431 g/mol. The molecule has 1 atom stereocenters. The molecule has 0 radical (unpaired) electrons. The molecule has 3 rings (SSSR count). The first-order chi connectivity index (χ1) is 14.3. The molecule has 6 nitrogen and oxygen atoms in total. The number of carbonyl (C=O) groups is 2. The maximum absolute atomic E-state index is 13.1. The van der Waals surface area contributed by atoms with Crippen molar-refractivity contribution in [1.29, 1.82) is 0 Å². The van der Waals surface area contributed by atoms with E-state index in [0.717, 1.165) is 12.0 Å². The summed E-state index contributed by atoms with van der Waals surface area (Å²) in [5.74, 6) is 1.35. The zero-order valence-electron chi connectivity index (χ0n) is 17.7. The van der Waals surface area contributed by atoms with Crippen LogP contribution in [0, 0.1) is 5.92 Å². The fourth-order valence-corrected chi connectivity index (χ4v) is 3.75. The van der Waals surface area contributed by atoms with Crippen molar-refractivity contribution in [3.8, 4) is 11.5 Å². The van der Waals surface area contributed by atoms with E-state index >= 15 is 0 Å². The fourth-order valence-electron chi connectivity index (χ4n) is 3.47. The Morgan fingerprint density at radius 1 is 1.23 bits per heavy atom. The second-order valence-electron chi connectivity index (χ2n) is 7.75. The molecule has 1 aliphatic rings. The molecule has 2 amide bonds. The second kappa shape index (κ2) is 9.39. The standard InChI is InChI=1S/C23H27ClN2O4/c1-14(2)10-11-30-19-9-8-16(12-20(19)29-4)13-26-22-17(6-5-7-18(22)24)21(23(26)28)25-15(3)27/h5-9,12,14,21H,10-11,13H2,1-4H3,(H,25,27). The number of hydrogen-bond acceptors (Lipinski definition) is 4. The Hall–Kier alpha value is -2.73. The van der Waals surface area contributed by atoms with Crippen LogP contribution in [0.15, 0.2) is 36.4 Å². The summed E-state index contributed by atoms with van der Waals surface area (Å²) in [7, 11) is 1.59. The van der Waals surface area contributed by atoms with Gasteiger partial charge in [-0.2, -0.15) is 0 Å². The lowest BCUT2D eigenvalue weighted by molar-refractivity contribution is -0.126. The van der Waals surface area contributed by atoms with Gasteiger partial charge in [0, 0.05) is 12.5 Å². The van der Waals surface area contributed by atoms with Crippen molar-refractivity contribution in [2.24, 2.45) is 5.92 Å². The zero-order valence-corrected chi connectivity index (χ0v) is 18.5. The number of anilines is 1. The molecule has 1 aliphatic heterocycles. The second-order valence-corrected chi connectivity index (χ2v) is 8.16. The molecule has 0 aliphatic carbocycles. The molecule has 0 fully saturated rings. The highest BCUT2D eigenvalue weighted by atomic mass is 35.5. The summed E-state index contributed by atoms with van der Waals surface area (Å²) in [6.07, 6.45) is 0.951. The van der Waals surface area contributed by atoms with Gasteiger partial charge in [-0.1, -0.05) is 43.6 Å². The lowest BCUT2D eigenvalue weighted by atomic mass is 10.1. The van der Waals surface area contributed by atoms with Crippen LogP contribution in [-0.4, -0.2) is 25.5 Å². The van der Waals surface area contributed by atoms with E-state index in [4.69, 9.17) is 21.1 Å². The third-order valence-electron chi connectivity index (χ3n) is 4.98. The molecule has 2 aromatic rings. The number of ether oxygens (including phenoxy) is 2. The van der Waals surface area contributed by atoms with E-state index in [2.05, 4.69) is 19.2 Å². The van der Waals surface area contributed by atoms with Crippen LogP contribution in [0.5, 0.6) is 11.5 Å². The third kappa shape index (κ3) is 4.70. The Labute approximate surface area is 182 Å². The van der Waals surface area contributed by atoms with Crippen molar-refractivity contribution in [3.63, 3.8) is 0 Å². The number of methoxy groups -OCH3 is 1. The summed E-state index contributed by atoms with van der Waals surface area (Å²) in [5.41, 5.74) is 2.19. The third-order valence-corrected chi connectivity index (χ3v) is 5.29. The Bertz CT molecular complexity index is 945. The number of benzene rings is 2. The topological polar surface area (TPSA) is 67.9 Å². The lowest BCUT2D eigenvalue weighted by Crippen LogP contribution is -2.36. The van der Waals surface area contributed by atoms with E-state index in [-0.39, 0.29) is 11.8 Å². The van der Waals surface area contributed by atoms with E-state index in [1.54, 1.807) is 24.1 Å². The van der Waals surface area contributed by atoms with Crippen molar-refractivity contribution < 1.29 is 19.1 Å². The Kier molecular flexibility index (Phi) is 6.87. The maximum atomic E-state index is 13.1. The molecule has 0 saturated heterocycles. The van der Waals surface area contributed by atoms with Gasteiger partial charge in [-0.05, 0) is 36.1 Å². The molecule has 30 heavy (non-hydrogen) atoms. The van der Waals surface area contributed by atoms with E-state index in [9.17, 15) is 9.59 Å². The lowest BCUT2D eigenvalue weighted by Gasteiger charge is -2.20. The average Bonchev–Trinajstić information content (AvgIpc) is 2.95. The molecule has 0 bridgehead atoms. The molecule has 1 heterocycles. The Balaban J connectivity index is 1.85. The minimum Gasteiger partial charge on any atom is -0.493 e. The number of nitrogens with zero attached hydrogens (tertiary/aromatic N) is 1. The van der Waals surface area contributed by atoms with Crippen molar-refractivity contribution in [3.05, 3.63) is 52.5 Å². The van der Waals surface area contributed by atoms with Gasteiger partial charge in [0.1, 0.15) is 6.04 Å². The predicted molar refractivity (Wildman–Crippen MR) is 117 cm³/mol. The number of fused-ring (bicyclic) bond motifs is 1. The first-order valence-corrected chi connectivity index (χ1v) is 10.4. The molecule has 2 aromatic carbocycles. The van der Waals surface area contributed by atoms with E-state index in [1.807, 2.05) is 24.3 Å². The van der Waals surface area contributed by atoms with Crippen LogP contribution >= 0.6 is 11.6 Å². The molecule has 0 saturated carbocycles.